The third kappa shape index (κ3) is 3.43. The summed E-state index contributed by atoms with van der Waals surface area (Å²) >= 11 is 1.76. The Labute approximate surface area is 106 Å². The number of hydrogen-bond acceptors (Lipinski definition) is 2. The summed E-state index contributed by atoms with van der Waals surface area (Å²) in [6, 6.07) is 14.3. The lowest BCUT2D eigenvalue weighted by Gasteiger charge is -2.07. The molecule has 1 aromatic carbocycles. The molecule has 0 saturated carbocycles. The molecule has 0 spiro atoms. The number of nitrogens with two attached hydrogens (primary N) is 1. The van der Waals surface area contributed by atoms with Gasteiger partial charge in [0.2, 0.25) is 0 Å². The van der Waals surface area contributed by atoms with Gasteiger partial charge in [0, 0.05) is 16.9 Å². The van der Waals surface area contributed by atoms with E-state index in [2.05, 4.69) is 29.4 Å². The highest BCUT2D eigenvalue weighted by molar-refractivity contribution is 7.09. The molecule has 3 heteroatoms. The standard InChI is InChI=1S/C14H16N2S/c1-11(10-13-8-5-9-17-13)16-14(15)12-6-3-2-4-7-12/h2-9,11H,10H2,1H3,(H2,15,16). The van der Waals surface area contributed by atoms with Gasteiger partial charge in [0.15, 0.2) is 0 Å². The average Bonchev–Trinajstić information content (AvgIpc) is 2.82. The first-order valence-electron chi connectivity index (χ1n) is 5.67. The van der Waals surface area contributed by atoms with Crippen LogP contribution in [0.15, 0.2) is 52.8 Å². The minimum atomic E-state index is 0.217. The van der Waals surface area contributed by atoms with E-state index in [4.69, 9.17) is 5.73 Å². The van der Waals surface area contributed by atoms with Crippen LogP contribution in [0.5, 0.6) is 0 Å². The minimum Gasteiger partial charge on any atom is -0.383 e. The Morgan fingerprint density at radius 2 is 2.00 bits per heavy atom. The van der Waals surface area contributed by atoms with Crippen molar-refractivity contribution in [3.05, 3.63) is 58.3 Å². The van der Waals surface area contributed by atoms with E-state index in [-0.39, 0.29) is 6.04 Å². The Bertz CT molecular complexity index is 474. The number of benzene rings is 1. The first-order chi connectivity index (χ1) is 8.25. The van der Waals surface area contributed by atoms with E-state index in [9.17, 15) is 0 Å². The molecule has 17 heavy (non-hydrogen) atoms. The zero-order valence-corrected chi connectivity index (χ0v) is 10.7. The van der Waals surface area contributed by atoms with Crippen molar-refractivity contribution in [1.29, 1.82) is 0 Å². The summed E-state index contributed by atoms with van der Waals surface area (Å²) in [5, 5.41) is 2.09. The van der Waals surface area contributed by atoms with Crippen LogP contribution in [0.1, 0.15) is 17.4 Å². The molecule has 0 radical (unpaired) electrons. The van der Waals surface area contributed by atoms with Gasteiger partial charge < -0.3 is 5.73 Å². The molecule has 2 aromatic rings. The fraction of sp³-hybridized carbons (Fsp3) is 0.214. The quantitative estimate of drug-likeness (QED) is 0.651. The van der Waals surface area contributed by atoms with Crippen molar-refractivity contribution in [2.45, 2.75) is 19.4 Å². The summed E-state index contributed by atoms with van der Waals surface area (Å²) in [4.78, 5) is 5.87. The van der Waals surface area contributed by atoms with Crippen LogP contribution >= 0.6 is 11.3 Å². The second kappa shape index (κ2) is 5.64. The van der Waals surface area contributed by atoms with Gasteiger partial charge in [-0.3, -0.25) is 4.99 Å². The van der Waals surface area contributed by atoms with Crippen molar-refractivity contribution in [2.24, 2.45) is 10.7 Å². The summed E-state index contributed by atoms with van der Waals surface area (Å²) < 4.78 is 0. The molecule has 1 aromatic heterocycles. The molecule has 0 aliphatic carbocycles. The Hall–Kier alpha value is -1.61. The number of rotatable bonds is 4. The number of amidine groups is 1. The van der Waals surface area contributed by atoms with Gasteiger partial charge in [-0.15, -0.1) is 11.3 Å². The lowest BCUT2D eigenvalue weighted by atomic mass is 10.2. The van der Waals surface area contributed by atoms with Crippen LogP contribution in [0.2, 0.25) is 0 Å². The summed E-state index contributed by atoms with van der Waals surface area (Å²) in [7, 11) is 0. The smallest absolute Gasteiger partial charge is 0.125 e. The van der Waals surface area contributed by atoms with Gasteiger partial charge in [-0.1, -0.05) is 36.4 Å². The van der Waals surface area contributed by atoms with E-state index in [0.717, 1.165) is 12.0 Å². The summed E-state index contributed by atoms with van der Waals surface area (Å²) in [5.74, 6) is 0.620. The monoisotopic (exact) mass is 244 g/mol. The third-order valence-corrected chi connectivity index (χ3v) is 3.40. The first kappa shape index (κ1) is 11.9. The molecule has 0 saturated heterocycles. The van der Waals surface area contributed by atoms with Gasteiger partial charge in [-0.25, -0.2) is 0 Å². The van der Waals surface area contributed by atoms with Crippen LogP contribution < -0.4 is 5.73 Å². The second-order valence-electron chi connectivity index (χ2n) is 4.01. The van der Waals surface area contributed by atoms with Crippen molar-refractivity contribution in [2.75, 3.05) is 0 Å². The second-order valence-corrected chi connectivity index (χ2v) is 5.05. The third-order valence-electron chi connectivity index (χ3n) is 2.51. The molecule has 0 amide bonds. The van der Waals surface area contributed by atoms with Gasteiger partial charge in [0.05, 0.1) is 6.04 Å². The van der Waals surface area contributed by atoms with Gasteiger partial charge in [-0.05, 0) is 18.4 Å². The van der Waals surface area contributed by atoms with Gasteiger partial charge in [0.1, 0.15) is 5.84 Å². The lowest BCUT2D eigenvalue weighted by Crippen LogP contribution is -2.17. The lowest BCUT2D eigenvalue weighted by molar-refractivity contribution is 0.748. The van der Waals surface area contributed by atoms with Crippen molar-refractivity contribution in [1.82, 2.24) is 0 Å². The minimum absolute atomic E-state index is 0.217. The number of hydrogen-bond donors (Lipinski definition) is 1. The molecule has 0 aliphatic rings. The van der Waals surface area contributed by atoms with E-state index in [1.54, 1.807) is 11.3 Å². The van der Waals surface area contributed by atoms with Crippen LogP contribution in [0, 0.1) is 0 Å². The molecule has 1 heterocycles. The van der Waals surface area contributed by atoms with Crippen LogP contribution in [-0.4, -0.2) is 11.9 Å². The maximum absolute atomic E-state index is 5.98. The Balaban J connectivity index is 2.04. The Morgan fingerprint density at radius 3 is 2.65 bits per heavy atom. The SMILES string of the molecule is CC(Cc1cccs1)N=C(N)c1ccccc1. The highest BCUT2D eigenvalue weighted by Crippen LogP contribution is 2.12. The molecule has 1 unspecified atom stereocenters. The van der Waals surface area contributed by atoms with Crippen molar-refractivity contribution < 1.29 is 0 Å². The number of thiophene rings is 1. The molecule has 0 fully saturated rings. The van der Waals surface area contributed by atoms with Gasteiger partial charge in [0.25, 0.3) is 0 Å². The Morgan fingerprint density at radius 1 is 1.24 bits per heavy atom. The van der Waals surface area contributed by atoms with Crippen molar-refractivity contribution in [3.8, 4) is 0 Å². The molecule has 0 aliphatic heterocycles. The van der Waals surface area contributed by atoms with Crippen molar-refractivity contribution in [3.63, 3.8) is 0 Å². The maximum Gasteiger partial charge on any atom is 0.125 e. The van der Waals surface area contributed by atoms with Crippen LogP contribution in [0.3, 0.4) is 0 Å². The van der Waals surface area contributed by atoms with Crippen LogP contribution in [0.4, 0.5) is 0 Å². The summed E-state index contributed by atoms with van der Waals surface area (Å²) in [6.07, 6.45) is 0.950. The fourth-order valence-electron chi connectivity index (χ4n) is 1.69. The topological polar surface area (TPSA) is 38.4 Å². The molecule has 2 nitrogen and oxygen atoms in total. The maximum atomic E-state index is 5.98. The fourth-order valence-corrected chi connectivity index (χ4v) is 2.51. The molecule has 0 bridgehead atoms. The van der Waals surface area contributed by atoms with Crippen LogP contribution in [0.25, 0.3) is 0 Å². The number of aliphatic imine (C=N–C) groups is 1. The molecular formula is C14H16N2S. The normalized spacial score (nSPS) is 13.6. The van der Waals surface area contributed by atoms with E-state index >= 15 is 0 Å². The number of nitrogens with zero attached hydrogens (tertiary/aromatic N) is 1. The zero-order valence-electron chi connectivity index (χ0n) is 9.84. The summed E-state index contributed by atoms with van der Waals surface area (Å²) in [5.41, 5.74) is 6.97. The van der Waals surface area contributed by atoms with E-state index < -0.39 is 0 Å². The largest absolute Gasteiger partial charge is 0.383 e. The molecule has 88 valence electrons. The Kier molecular flexibility index (Phi) is 3.94. The van der Waals surface area contributed by atoms with E-state index in [1.165, 1.54) is 4.88 Å². The van der Waals surface area contributed by atoms with Gasteiger partial charge >= 0.3 is 0 Å². The van der Waals surface area contributed by atoms with E-state index in [0.29, 0.717) is 5.84 Å². The van der Waals surface area contributed by atoms with Crippen LogP contribution in [-0.2, 0) is 6.42 Å². The molecule has 1 atom stereocenters. The molecule has 2 rings (SSSR count). The van der Waals surface area contributed by atoms with Crippen molar-refractivity contribution >= 4 is 17.2 Å². The first-order valence-corrected chi connectivity index (χ1v) is 6.55. The highest BCUT2D eigenvalue weighted by Gasteiger charge is 2.04. The molecular weight excluding hydrogens is 228 g/mol. The predicted octanol–water partition coefficient (Wildman–Crippen LogP) is 3.08. The predicted molar refractivity (Wildman–Crippen MR) is 74.7 cm³/mol. The highest BCUT2D eigenvalue weighted by atomic mass is 32.1. The van der Waals surface area contributed by atoms with E-state index in [1.807, 2.05) is 30.3 Å². The average molecular weight is 244 g/mol. The summed E-state index contributed by atoms with van der Waals surface area (Å²) in [6.45, 7) is 2.09. The zero-order chi connectivity index (χ0) is 12.1. The van der Waals surface area contributed by atoms with Gasteiger partial charge in [-0.2, -0.15) is 0 Å². The molecule has 2 N–H and O–H groups in total.